The Labute approximate surface area is 220 Å². The van der Waals surface area contributed by atoms with Crippen molar-refractivity contribution in [3.8, 4) is 0 Å². The molecular weight excluding hydrogens is 488 g/mol. The fourth-order valence-electron chi connectivity index (χ4n) is 4.11. The first kappa shape index (κ1) is 26.1. The normalized spacial score (nSPS) is 13.8. The molecule has 2 amide bonds. The Morgan fingerprint density at radius 1 is 1.00 bits per heavy atom. The number of hydrogen-bond acceptors (Lipinski definition) is 6. The van der Waals surface area contributed by atoms with E-state index in [0.717, 1.165) is 10.5 Å². The SMILES string of the molecule is CC(C)c1ccccc1Sc1ccc(C=CC(=O)N2CCN(C(=O)c3cccnc3)CC2)cc1[N+](=O)[O-]. The molecule has 0 atom stereocenters. The highest BCUT2D eigenvalue weighted by atomic mass is 32.2. The summed E-state index contributed by atoms with van der Waals surface area (Å²) in [5.41, 5.74) is 2.24. The molecule has 0 N–H and O–H groups in total. The summed E-state index contributed by atoms with van der Waals surface area (Å²) in [5, 5.41) is 11.8. The van der Waals surface area contributed by atoms with Crippen molar-refractivity contribution in [2.45, 2.75) is 29.6 Å². The monoisotopic (exact) mass is 516 g/mol. The van der Waals surface area contributed by atoms with Gasteiger partial charge in [0, 0.05) is 55.6 Å². The zero-order chi connectivity index (χ0) is 26.4. The summed E-state index contributed by atoms with van der Waals surface area (Å²) in [4.78, 5) is 45.6. The number of carbonyl (C=O) groups is 2. The molecule has 2 aromatic carbocycles. The summed E-state index contributed by atoms with van der Waals surface area (Å²) >= 11 is 1.38. The van der Waals surface area contributed by atoms with Gasteiger partial charge in [0.1, 0.15) is 0 Å². The van der Waals surface area contributed by atoms with Crippen LogP contribution in [-0.4, -0.2) is 57.7 Å². The summed E-state index contributed by atoms with van der Waals surface area (Å²) in [6, 6.07) is 16.4. The maximum atomic E-state index is 12.7. The van der Waals surface area contributed by atoms with E-state index in [1.54, 1.807) is 46.3 Å². The lowest BCUT2D eigenvalue weighted by Crippen LogP contribution is -2.50. The summed E-state index contributed by atoms with van der Waals surface area (Å²) in [6.45, 7) is 5.89. The van der Waals surface area contributed by atoms with Gasteiger partial charge in [0.05, 0.1) is 15.4 Å². The van der Waals surface area contributed by atoms with E-state index in [1.807, 2.05) is 24.3 Å². The number of rotatable bonds is 7. The van der Waals surface area contributed by atoms with Gasteiger partial charge in [-0.3, -0.25) is 24.7 Å². The van der Waals surface area contributed by atoms with Gasteiger partial charge in [-0.05, 0) is 47.4 Å². The van der Waals surface area contributed by atoms with E-state index in [0.29, 0.717) is 48.1 Å². The van der Waals surface area contributed by atoms with E-state index in [2.05, 4.69) is 18.8 Å². The fourth-order valence-corrected chi connectivity index (χ4v) is 5.29. The molecule has 1 saturated heterocycles. The third kappa shape index (κ3) is 6.42. The Morgan fingerprint density at radius 2 is 1.73 bits per heavy atom. The Hall–Kier alpha value is -3.98. The van der Waals surface area contributed by atoms with Crippen LogP contribution in [0.2, 0.25) is 0 Å². The fraction of sp³-hybridized carbons (Fsp3) is 0.250. The summed E-state index contributed by atoms with van der Waals surface area (Å²) in [5.74, 6) is 0.00350. The van der Waals surface area contributed by atoms with E-state index in [-0.39, 0.29) is 17.5 Å². The lowest BCUT2D eigenvalue weighted by atomic mass is 10.0. The Morgan fingerprint density at radius 3 is 2.41 bits per heavy atom. The molecule has 9 heteroatoms. The van der Waals surface area contributed by atoms with Crippen molar-refractivity contribution in [3.05, 3.63) is 99.9 Å². The molecule has 1 fully saturated rings. The number of carbonyl (C=O) groups excluding carboxylic acids is 2. The van der Waals surface area contributed by atoms with Crippen molar-refractivity contribution < 1.29 is 14.5 Å². The van der Waals surface area contributed by atoms with Crippen LogP contribution in [0.3, 0.4) is 0 Å². The number of aromatic nitrogens is 1. The molecule has 0 unspecified atom stereocenters. The molecule has 37 heavy (non-hydrogen) atoms. The standard InChI is InChI=1S/C28H28N4O4S/c1-20(2)23-7-3-4-8-25(23)37-26-11-9-21(18-24(26)32(35)36)10-12-27(33)30-14-16-31(17-15-30)28(34)22-6-5-13-29-19-22/h3-13,18-20H,14-17H2,1-2H3. The second-order valence-electron chi connectivity index (χ2n) is 8.97. The van der Waals surface area contributed by atoms with Crippen LogP contribution in [0.15, 0.2) is 82.9 Å². The highest BCUT2D eigenvalue weighted by Crippen LogP contribution is 2.39. The smallest absolute Gasteiger partial charge is 0.283 e. The maximum absolute atomic E-state index is 12.7. The highest BCUT2D eigenvalue weighted by molar-refractivity contribution is 7.99. The van der Waals surface area contributed by atoms with Crippen LogP contribution in [0.25, 0.3) is 6.08 Å². The predicted octanol–water partition coefficient (Wildman–Crippen LogP) is 5.26. The van der Waals surface area contributed by atoms with E-state index in [9.17, 15) is 19.7 Å². The van der Waals surface area contributed by atoms with Crippen molar-refractivity contribution in [2.24, 2.45) is 0 Å². The van der Waals surface area contributed by atoms with Crippen molar-refractivity contribution in [1.29, 1.82) is 0 Å². The third-order valence-electron chi connectivity index (χ3n) is 6.15. The molecule has 1 aliphatic rings. The average Bonchev–Trinajstić information content (AvgIpc) is 2.92. The van der Waals surface area contributed by atoms with Crippen LogP contribution in [0.4, 0.5) is 5.69 Å². The van der Waals surface area contributed by atoms with Gasteiger partial charge in [-0.15, -0.1) is 0 Å². The predicted molar refractivity (Wildman–Crippen MR) is 144 cm³/mol. The first-order chi connectivity index (χ1) is 17.8. The molecule has 0 radical (unpaired) electrons. The van der Waals surface area contributed by atoms with E-state index >= 15 is 0 Å². The van der Waals surface area contributed by atoms with Crippen molar-refractivity contribution in [3.63, 3.8) is 0 Å². The molecule has 1 aliphatic heterocycles. The Bertz CT molecular complexity index is 1320. The van der Waals surface area contributed by atoms with Gasteiger partial charge in [-0.25, -0.2) is 0 Å². The largest absolute Gasteiger partial charge is 0.336 e. The van der Waals surface area contributed by atoms with Crippen LogP contribution in [0.1, 0.15) is 41.3 Å². The number of nitro benzene ring substituents is 1. The summed E-state index contributed by atoms with van der Waals surface area (Å²) in [7, 11) is 0. The van der Waals surface area contributed by atoms with Crippen molar-refractivity contribution in [2.75, 3.05) is 26.2 Å². The first-order valence-electron chi connectivity index (χ1n) is 12.0. The molecule has 0 saturated carbocycles. The van der Waals surface area contributed by atoms with Gasteiger partial charge >= 0.3 is 0 Å². The second-order valence-corrected chi connectivity index (χ2v) is 10.1. The lowest BCUT2D eigenvalue weighted by molar-refractivity contribution is -0.387. The molecule has 3 aromatic rings. The zero-order valence-corrected chi connectivity index (χ0v) is 21.6. The van der Waals surface area contributed by atoms with E-state index in [1.165, 1.54) is 30.1 Å². The minimum atomic E-state index is -0.391. The molecule has 2 heterocycles. The number of amides is 2. The summed E-state index contributed by atoms with van der Waals surface area (Å²) < 4.78 is 0. The number of benzene rings is 2. The Balaban J connectivity index is 1.41. The van der Waals surface area contributed by atoms with Crippen molar-refractivity contribution in [1.82, 2.24) is 14.8 Å². The lowest BCUT2D eigenvalue weighted by Gasteiger charge is -2.34. The zero-order valence-electron chi connectivity index (χ0n) is 20.7. The topological polar surface area (TPSA) is 96.7 Å². The van der Waals surface area contributed by atoms with Gasteiger partial charge < -0.3 is 9.80 Å². The number of pyridine rings is 1. The number of hydrogen-bond donors (Lipinski definition) is 0. The van der Waals surface area contributed by atoms with Crippen LogP contribution in [0.5, 0.6) is 0 Å². The molecule has 0 bridgehead atoms. The summed E-state index contributed by atoms with van der Waals surface area (Å²) in [6.07, 6.45) is 6.18. The third-order valence-corrected chi connectivity index (χ3v) is 7.30. The molecule has 8 nitrogen and oxygen atoms in total. The van der Waals surface area contributed by atoms with Gasteiger partial charge in [-0.1, -0.05) is 49.9 Å². The highest BCUT2D eigenvalue weighted by Gasteiger charge is 2.24. The molecule has 0 aliphatic carbocycles. The average molecular weight is 517 g/mol. The Kier molecular flexibility index (Phi) is 8.35. The van der Waals surface area contributed by atoms with Gasteiger partial charge in [0.2, 0.25) is 5.91 Å². The molecule has 0 spiro atoms. The molecule has 190 valence electrons. The quantitative estimate of drug-likeness (QED) is 0.241. The number of piperazine rings is 1. The molecule has 4 rings (SSSR count). The van der Waals surface area contributed by atoms with Crippen LogP contribution in [-0.2, 0) is 4.79 Å². The van der Waals surface area contributed by atoms with Crippen LogP contribution < -0.4 is 0 Å². The van der Waals surface area contributed by atoms with Crippen molar-refractivity contribution >= 4 is 35.3 Å². The number of nitro groups is 1. The van der Waals surface area contributed by atoms with E-state index in [4.69, 9.17) is 0 Å². The maximum Gasteiger partial charge on any atom is 0.283 e. The second kappa shape index (κ2) is 11.8. The van der Waals surface area contributed by atoms with Gasteiger partial charge in [0.25, 0.3) is 11.6 Å². The first-order valence-corrected chi connectivity index (χ1v) is 12.9. The van der Waals surface area contributed by atoms with Gasteiger partial charge in [-0.2, -0.15) is 0 Å². The minimum absolute atomic E-state index is 0.000636. The van der Waals surface area contributed by atoms with Crippen LogP contribution in [0, 0.1) is 10.1 Å². The molecular formula is C28H28N4O4S. The van der Waals surface area contributed by atoms with Crippen LogP contribution >= 0.6 is 11.8 Å². The van der Waals surface area contributed by atoms with Gasteiger partial charge in [0.15, 0.2) is 0 Å². The molecule has 1 aromatic heterocycles. The minimum Gasteiger partial charge on any atom is -0.336 e. The number of nitrogens with zero attached hydrogens (tertiary/aromatic N) is 4. The van der Waals surface area contributed by atoms with E-state index < -0.39 is 4.92 Å².